The Balaban J connectivity index is 2.05. The Hall–Kier alpha value is -1.55. The van der Waals surface area contributed by atoms with Gasteiger partial charge in [0, 0.05) is 13.2 Å². The summed E-state index contributed by atoms with van der Waals surface area (Å²) in [6.07, 6.45) is 2.04. The van der Waals surface area contributed by atoms with Crippen LogP contribution < -0.4 is 5.32 Å². The van der Waals surface area contributed by atoms with Crippen LogP contribution in [0.4, 0.5) is 4.79 Å². The lowest BCUT2D eigenvalue weighted by atomic mass is 10.2. The molecule has 0 bridgehead atoms. The number of carbonyl (C=O) groups excluding carboxylic acids is 1. The highest BCUT2D eigenvalue weighted by Gasteiger charge is 2.00. The highest BCUT2D eigenvalue weighted by molar-refractivity contribution is 5.67. The van der Waals surface area contributed by atoms with E-state index in [-0.39, 0.29) is 6.61 Å². The number of ether oxygens (including phenoxy) is 1. The van der Waals surface area contributed by atoms with Gasteiger partial charge in [-0.1, -0.05) is 30.3 Å². The van der Waals surface area contributed by atoms with Crippen LogP contribution in [0, 0.1) is 0 Å². The Kier molecular flexibility index (Phi) is 6.82. The number of amides is 1. The number of carbonyl (C=O) groups is 1. The molecular weight excluding hydrogens is 218 g/mol. The van der Waals surface area contributed by atoms with Crippen LogP contribution in [0.5, 0.6) is 0 Å². The van der Waals surface area contributed by atoms with Gasteiger partial charge < -0.3 is 15.2 Å². The molecule has 94 valence electrons. The normalized spacial score (nSPS) is 9.94. The minimum atomic E-state index is -0.391. The average Bonchev–Trinajstić information content (AvgIpc) is 2.37. The molecule has 0 spiro atoms. The number of unbranched alkanes of at least 4 members (excludes halogenated alkanes) is 2. The molecule has 0 aliphatic heterocycles. The molecule has 1 amide bonds. The third-order valence-electron chi connectivity index (χ3n) is 2.32. The molecule has 0 radical (unpaired) electrons. The predicted molar refractivity (Wildman–Crippen MR) is 65.6 cm³/mol. The first kappa shape index (κ1) is 13.5. The number of aliphatic hydroxyl groups is 1. The minimum Gasteiger partial charge on any atom is -0.450 e. The fourth-order valence-corrected chi connectivity index (χ4v) is 1.38. The van der Waals surface area contributed by atoms with Crippen molar-refractivity contribution in [3.8, 4) is 0 Å². The molecule has 0 saturated heterocycles. The Morgan fingerprint density at radius 3 is 2.65 bits per heavy atom. The van der Waals surface area contributed by atoms with E-state index in [1.807, 2.05) is 30.3 Å². The first-order chi connectivity index (χ1) is 8.33. The number of hydrogen-bond acceptors (Lipinski definition) is 3. The second-order valence-electron chi connectivity index (χ2n) is 3.76. The summed E-state index contributed by atoms with van der Waals surface area (Å²) >= 11 is 0. The van der Waals surface area contributed by atoms with Gasteiger partial charge >= 0.3 is 6.09 Å². The number of hydrogen-bond donors (Lipinski definition) is 2. The first-order valence-corrected chi connectivity index (χ1v) is 5.88. The summed E-state index contributed by atoms with van der Waals surface area (Å²) in [7, 11) is 0. The maximum atomic E-state index is 11.3. The topological polar surface area (TPSA) is 58.6 Å². The zero-order valence-electron chi connectivity index (χ0n) is 9.89. The third-order valence-corrected chi connectivity index (χ3v) is 2.32. The van der Waals surface area contributed by atoms with E-state index >= 15 is 0 Å². The lowest BCUT2D eigenvalue weighted by Gasteiger charge is -2.06. The van der Waals surface area contributed by atoms with Gasteiger partial charge in [-0.05, 0) is 24.8 Å². The highest BCUT2D eigenvalue weighted by atomic mass is 16.5. The zero-order valence-corrected chi connectivity index (χ0v) is 9.89. The van der Waals surface area contributed by atoms with Crippen LogP contribution in [0.1, 0.15) is 24.8 Å². The summed E-state index contributed by atoms with van der Waals surface area (Å²) in [4.78, 5) is 11.3. The molecule has 0 unspecified atom stereocenters. The monoisotopic (exact) mass is 237 g/mol. The fraction of sp³-hybridized carbons (Fsp3) is 0.462. The number of alkyl carbamates (subject to hydrolysis) is 1. The van der Waals surface area contributed by atoms with Crippen molar-refractivity contribution >= 4 is 6.09 Å². The van der Waals surface area contributed by atoms with Gasteiger partial charge in [-0.3, -0.25) is 0 Å². The SMILES string of the molecule is O=C(NCc1ccccc1)OCCCCCO. The van der Waals surface area contributed by atoms with Crippen LogP contribution in [-0.4, -0.2) is 24.4 Å². The first-order valence-electron chi connectivity index (χ1n) is 5.88. The summed E-state index contributed by atoms with van der Waals surface area (Å²) in [6, 6.07) is 9.68. The fourth-order valence-electron chi connectivity index (χ4n) is 1.38. The van der Waals surface area contributed by atoms with Crippen molar-refractivity contribution in [2.24, 2.45) is 0 Å². The Labute approximate surface area is 102 Å². The Morgan fingerprint density at radius 1 is 1.18 bits per heavy atom. The maximum Gasteiger partial charge on any atom is 0.407 e. The zero-order chi connectivity index (χ0) is 12.3. The van der Waals surface area contributed by atoms with Crippen LogP contribution in [0.2, 0.25) is 0 Å². The summed E-state index contributed by atoms with van der Waals surface area (Å²) < 4.78 is 4.98. The van der Waals surface area contributed by atoms with E-state index < -0.39 is 6.09 Å². The van der Waals surface area contributed by atoms with E-state index in [4.69, 9.17) is 9.84 Å². The van der Waals surface area contributed by atoms with Crippen molar-refractivity contribution in [3.05, 3.63) is 35.9 Å². The molecule has 0 heterocycles. The van der Waals surface area contributed by atoms with Crippen molar-refractivity contribution in [2.75, 3.05) is 13.2 Å². The second kappa shape index (κ2) is 8.58. The predicted octanol–water partition coefficient (Wildman–Crippen LogP) is 2.08. The lowest BCUT2D eigenvalue weighted by Crippen LogP contribution is -2.24. The number of rotatable bonds is 7. The van der Waals surface area contributed by atoms with Crippen molar-refractivity contribution in [3.63, 3.8) is 0 Å². The van der Waals surface area contributed by atoms with Gasteiger partial charge in [0.15, 0.2) is 0 Å². The van der Waals surface area contributed by atoms with Crippen molar-refractivity contribution in [1.82, 2.24) is 5.32 Å². The molecule has 1 aromatic rings. The van der Waals surface area contributed by atoms with E-state index in [0.29, 0.717) is 13.2 Å². The third kappa shape index (κ3) is 6.58. The number of benzene rings is 1. The molecule has 2 N–H and O–H groups in total. The number of aliphatic hydroxyl groups excluding tert-OH is 1. The highest BCUT2D eigenvalue weighted by Crippen LogP contribution is 1.98. The molecular formula is C13H19NO3. The molecule has 1 rings (SSSR count). The molecule has 0 aliphatic carbocycles. The van der Waals surface area contributed by atoms with E-state index in [1.54, 1.807) is 0 Å². The van der Waals surface area contributed by atoms with Crippen LogP contribution in [0.15, 0.2) is 30.3 Å². The molecule has 17 heavy (non-hydrogen) atoms. The Bertz CT molecular complexity index is 314. The average molecular weight is 237 g/mol. The standard InChI is InChI=1S/C13H19NO3/c15-9-5-2-6-10-17-13(16)14-11-12-7-3-1-4-8-12/h1,3-4,7-8,15H,2,5-6,9-11H2,(H,14,16). The molecule has 0 aromatic heterocycles. The van der Waals surface area contributed by atoms with Crippen molar-refractivity contribution in [2.45, 2.75) is 25.8 Å². The van der Waals surface area contributed by atoms with Gasteiger partial charge in [0.1, 0.15) is 0 Å². The summed E-state index contributed by atoms with van der Waals surface area (Å²) in [6.45, 7) is 1.08. The number of nitrogens with one attached hydrogen (secondary N) is 1. The molecule has 1 aromatic carbocycles. The molecule has 4 nitrogen and oxygen atoms in total. The van der Waals surface area contributed by atoms with E-state index in [9.17, 15) is 4.79 Å². The van der Waals surface area contributed by atoms with Crippen LogP contribution in [0.3, 0.4) is 0 Å². The van der Waals surface area contributed by atoms with E-state index in [0.717, 1.165) is 24.8 Å². The summed E-state index contributed by atoms with van der Waals surface area (Å²) in [5.41, 5.74) is 1.05. The van der Waals surface area contributed by atoms with Crippen molar-refractivity contribution < 1.29 is 14.6 Å². The molecule has 0 saturated carbocycles. The van der Waals surface area contributed by atoms with Gasteiger partial charge in [0.25, 0.3) is 0 Å². The van der Waals surface area contributed by atoms with Crippen LogP contribution >= 0.6 is 0 Å². The maximum absolute atomic E-state index is 11.3. The molecule has 4 heteroatoms. The molecule has 0 atom stereocenters. The van der Waals surface area contributed by atoms with Crippen LogP contribution in [0.25, 0.3) is 0 Å². The molecule has 0 fully saturated rings. The van der Waals surface area contributed by atoms with E-state index in [2.05, 4.69) is 5.32 Å². The van der Waals surface area contributed by atoms with Gasteiger partial charge in [-0.2, -0.15) is 0 Å². The van der Waals surface area contributed by atoms with Gasteiger partial charge in [0.2, 0.25) is 0 Å². The summed E-state index contributed by atoms with van der Waals surface area (Å²) in [5, 5.41) is 11.2. The van der Waals surface area contributed by atoms with Gasteiger partial charge in [-0.15, -0.1) is 0 Å². The summed E-state index contributed by atoms with van der Waals surface area (Å²) in [5.74, 6) is 0. The molecule has 0 aliphatic rings. The Morgan fingerprint density at radius 2 is 1.94 bits per heavy atom. The second-order valence-corrected chi connectivity index (χ2v) is 3.76. The smallest absolute Gasteiger partial charge is 0.407 e. The van der Waals surface area contributed by atoms with Gasteiger partial charge in [-0.25, -0.2) is 4.79 Å². The van der Waals surface area contributed by atoms with Crippen molar-refractivity contribution in [1.29, 1.82) is 0 Å². The minimum absolute atomic E-state index is 0.195. The van der Waals surface area contributed by atoms with Gasteiger partial charge in [0.05, 0.1) is 6.61 Å². The lowest BCUT2D eigenvalue weighted by molar-refractivity contribution is 0.142. The quantitative estimate of drug-likeness (QED) is 0.714. The van der Waals surface area contributed by atoms with E-state index in [1.165, 1.54) is 0 Å². The van der Waals surface area contributed by atoms with Crippen LogP contribution in [-0.2, 0) is 11.3 Å². The largest absolute Gasteiger partial charge is 0.450 e.